The largest absolute Gasteiger partial charge is 0.289 e. The first kappa shape index (κ1) is 21.4. The van der Waals surface area contributed by atoms with Gasteiger partial charge in [0.15, 0.2) is 5.78 Å². The van der Waals surface area contributed by atoms with E-state index < -0.39 is 22.4 Å². The number of hydrogen-bond acceptors (Lipinski definition) is 7. The van der Waals surface area contributed by atoms with Crippen molar-refractivity contribution in [2.24, 2.45) is 0 Å². The maximum atomic E-state index is 13.3. The molecule has 0 atom stereocenters. The van der Waals surface area contributed by atoms with Crippen LogP contribution in [-0.4, -0.2) is 28.2 Å². The number of carbonyl (C=O) groups is 1. The van der Waals surface area contributed by atoms with Crippen molar-refractivity contribution in [3.63, 3.8) is 0 Å². The first-order valence-electron chi connectivity index (χ1n) is 10.9. The summed E-state index contributed by atoms with van der Waals surface area (Å²) < 4.78 is 0. The molecule has 7 nitrogen and oxygen atoms in total. The molecule has 7 heteroatoms. The summed E-state index contributed by atoms with van der Waals surface area (Å²) in [5.41, 5.74) is 2.34. The fraction of sp³-hybridized carbons (Fsp3) is 0.480. The molecule has 3 aliphatic rings. The van der Waals surface area contributed by atoms with E-state index in [1.54, 1.807) is 0 Å². The maximum Gasteiger partial charge on any atom is 0.194 e. The number of benzene rings is 2. The fourth-order valence-corrected chi connectivity index (χ4v) is 3.80. The zero-order valence-electron chi connectivity index (χ0n) is 19.9. The minimum absolute atomic E-state index is 0.0471. The normalized spacial score (nSPS) is 24.1. The van der Waals surface area contributed by atoms with Crippen molar-refractivity contribution in [2.75, 3.05) is 10.5 Å². The van der Waals surface area contributed by atoms with Gasteiger partial charge in [-0.15, -0.1) is 10.5 Å². The van der Waals surface area contributed by atoms with E-state index in [0.717, 1.165) is 11.1 Å². The molecular weight excluding hydrogens is 408 g/mol. The smallest absolute Gasteiger partial charge is 0.194 e. The Labute approximate surface area is 188 Å². The van der Waals surface area contributed by atoms with Crippen LogP contribution in [0.4, 0.5) is 11.4 Å². The Bertz CT molecular complexity index is 1020. The third kappa shape index (κ3) is 2.92. The highest BCUT2D eigenvalue weighted by Crippen LogP contribution is 2.45. The van der Waals surface area contributed by atoms with Gasteiger partial charge in [-0.1, -0.05) is 12.1 Å². The lowest BCUT2D eigenvalue weighted by Gasteiger charge is -2.26. The van der Waals surface area contributed by atoms with Gasteiger partial charge in [-0.2, -0.15) is 0 Å². The second-order valence-electron chi connectivity index (χ2n) is 10.7. The van der Waals surface area contributed by atoms with Gasteiger partial charge in [0.05, 0.1) is 11.4 Å². The number of hydrogen-bond donors (Lipinski definition) is 0. The van der Waals surface area contributed by atoms with Crippen molar-refractivity contribution in [3.05, 3.63) is 47.5 Å². The predicted octanol–water partition coefficient (Wildman–Crippen LogP) is 5.38. The molecule has 0 unspecified atom stereocenters. The summed E-state index contributed by atoms with van der Waals surface area (Å²) >= 11 is 0. The van der Waals surface area contributed by atoms with Gasteiger partial charge in [0.1, 0.15) is 22.4 Å². The van der Waals surface area contributed by atoms with Crippen molar-refractivity contribution in [2.45, 2.75) is 77.8 Å². The van der Waals surface area contributed by atoms with Gasteiger partial charge in [-0.25, -0.2) is 19.4 Å². The molecule has 1 aliphatic carbocycles. The molecule has 0 spiro atoms. The van der Waals surface area contributed by atoms with Gasteiger partial charge in [-0.05, 0) is 90.8 Å². The number of fused-ring (bicyclic) bond motifs is 3. The first-order valence-corrected chi connectivity index (χ1v) is 10.9. The second kappa shape index (κ2) is 6.32. The molecule has 2 fully saturated rings. The molecule has 0 N–H and O–H groups in total. The first-order chi connectivity index (χ1) is 14.7. The summed E-state index contributed by atoms with van der Waals surface area (Å²) in [7, 11) is 0. The molecule has 2 saturated heterocycles. The quantitative estimate of drug-likeness (QED) is 0.532. The van der Waals surface area contributed by atoms with Crippen LogP contribution in [0, 0.1) is 0 Å². The van der Waals surface area contributed by atoms with Crippen molar-refractivity contribution >= 4 is 17.2 Å². The van der Waals surface area contributed by atoms with E-state index in [-0.39, 0.29) is 5.78 Å². The minimum Gasteiger partial charge on any atom is -0.289 e. The molecule has 32 heavy (non-hydrogen) atoms. The molecule has 0 amide bonds. The molecule has 0 bridgehead atoms. The molecule has 0 aromatic heterocycles. The van der Waals surface area contributed by atoms with E-state index in [1.807, 2.05) is 91.8 Å². The van der Waals surface area contributed by atoms with Crippen LogP contribution in [0.3, 0.4) is 0 Å². The van der Waals surface area contributed by atoms with Gasteiger partial charge < -0.3 is 0 Å². The maximum absolute atomic E-state index is 13.3. The number of carbonyl (C=O) groups excluding carboxylic acids is 1. The summed E-state index contributed by atoms with van der Waals surface area (Å²) in [5.74, 6) is -0.0471. The van der Waals surface area contributed by atoms with E-state index >= 15 is 0 Å². The molecule has 2 aliphatic heterocycles. The monoisotopic (exact) mass is 438 g/mol. The van der Waals surface area contributed by atoms with Crippen LogP contribution in [0.2, 0.25) is 0 Å². The Morgan fingerprint density at radius 1 is 0.531 bits per heavy atom. The summed E-state index contributed by atoms with van der Waals surface area (Å²) in [6.07, 6.45) is 0. The van der Waals surface area contributed by atoms with Gasteiger partial charge in [0.2, 0.25) is 0 Å². The Balaban J connectivity index is 1.46. The molecule has 2 aromatic rings. The molecule has 5 rings (SSSR count). The Hall–Kier alpha value is -2.45. The van der Waals surface area contributed by atoms with E-state index in [4.69, 9.17) is 19.4 Å². The SMILES string of the molecule is CC1(C)ON(c2ccc3c(c2)C(=O)c2cc(N4OC(C)(C)C(C)(C)O4)ccc2-3)OC1(C)C. The number of anilines is 2. The van der Waals surface area contributed by atoms with Crippen LogP contribution in [0.25, 0.3) is 11.1 Å². The van der Waals surface area contributed by atoms with Gasteiger partial charge >= 0.3 is 0 Å². The Kier molecular flexibility index (Phi) is 4.23. The van der Waals surface area contributed by atoms with Crippen molar-refractivity contribution < 1.29 is 24.1 Å². The van der Waals surface area contributed by atoms with Crippen LogP contribution in [0.5, 0.6) is 0 Å². The zero-order valence-corrected chi connectivity index (χ0v) is 19.9. The molecule has 2 aromatic carbocycles. The lowest BCUT2D eigenvalue weighted by Crippen LogP contribution is -2.41. The van der Waals surface area contributed by atoms with Crippen molar-refractivity contribution in [1.29, 1.82) is 0 Å². The van der Waals surface area contributed by atoms with E-state index in [1.165, 1.54) is 10.5 Å². The highest BCUT2D eigenvalue weighted by atomic mass is 17.0. The van der Waals surface area contributed by atoms with Crippen LogP contribution in [-0.2, 0) is 19.4 Å². The van der Waals surface area contributed by atoms with Gasteiger partial charge in [0.25, 0.3) is 0 Å². The second-order valence-corrected chi connectivity index (χ2v) is 10.7. The van der Waals surface area contributed by atoms with Gasteiger partial charge in [0, 0.05) is 11.1 Å². The Morgan fingerprint density at radius 2 is 0.844 bits per heavy atom. The van der Waals surface area contributed by atoms with Crippen molar-refractivity contribution in [1.82, 2.24) is 0 Å². The lowest BCUT2D eigenvalue weighted by atomic mass is 9.90. The summed E-state index contributed by atoms with van der Waals surface area (Å²) in [5, 5.41) is 2.83. The predicted molar refractivity (Wildman–Crippen MR) is 121 cm³/mol. The lowest BCUT2D eigenvalue weighted by molar-refractivity contribution is -0.0277. The minimum atomic E-state index is -0.509. The molecular formula is C25H30N2O5. The highest BCUT2D eigenvalue weighted by Gasteiger charge is 2.51. The average molecular weight is 439 g/mol. The topological polar surface area (TPSA) is 60.5 Å². The summed E-state index contributed by atoms with van der Waals surface area (Å²) in [6.45, 7) is 15.8. The summed E-state index contributed by atoms with van der Waals surface area (Å²) in [4.78, 5) is 37.4. The number of nitrogens with zero attached hydrogens (tertiary/aromatic N) is 2. The molecule has 2 heterocycles. The fourth-order valence-electron chi connectivity index (χ4n) is 3.80. The van der Waals surface area contributed by atoms with E-state index in [2.05, 4.69) is 0 Å². The standard InChI is InChI=1S/C25H30N2O5/c1-22(2)23(3,4)30-26(29-22)15-9-11-17-18-12-10-16(14-20(18)21(28)19(17)13-15)27-31-24(5,6)25(7,8)32-27/h9-14H,1-8H3. The van der Waals surface area contributed by atoms with E-state index in [9.17, 15) is 4.79 Å². The summed E-state index contributed by atoms with van der Waals surface area (Å²) in [6, 6.07) is 11.3. The van der Waals surface area contributed by atoms with Crippen LogP contribution >= 0.6 is 0 Å². The van der Waals surface area contributed by atoms with Crippen molar-refractivity contribution in [3.8, 4) is 11.1 Å². The third-order valence-corrected chi connectivity index (χ3v) is 7.35. The highest BCUT2D eigenvalue weighted by molar-refractivity contribution is 6.22. The van der Waals surface area contributed by atoms with Gasteiger partial charge in [-0.3, -0.25) is 4.79 Å². The zero-order chi connectivity index (χ0) is 23.3. The third-order valence-electron chi connectivity index (χ3n) is 7.35. The number of rotatable bonds is 2. The van der Waals surface area contributed by atoms with E-state index in [0.29, 0.717) is 22.5 Å². The van der Waals surface area contributed by atoms with Crippen LogP contribution < -0.4 is 10.5 Å². The molecule has 0 saturated carbocycles. The van der Waals surface area contributed by atoms with Crippen LogP contribution in [0.1, 0.15) is 71.3 Å². The number of ketones is 1. The molecule has 0 radical (unpaired) electrons. The Morgan fingerprint density at radius 3 is 1.16 bits per heavy atom. The molecule has 170 valence electrons. The van der Waals surface area contributed by atoms with Crippen LogP contribution in [0.15, 0.2) is 36.4 Å². The average Bonchev–Trinajstić information content (AvgIpc) is 3.19.